The quantitative estimate of drug-likeness (QED) is 0.713. The van der Waals surface area contributed by atoms with Gasteiger partial charge >= 0.3 is 0 Å². The number of benzene rings is 3. The molecule has 6 heteroatoms. The molecule has 3 aromatic carbocycles. The summed E-state index contributed by atoms with van der Waals surface area (Å²) >= 11 is 0. The molecule has 6 nitrogen and oxygen atoms in total. The number of hydrogen-bond acceptors (Lipinski definition) is 4. The minimum absolute atomic E-state index is 0.0742. The van der Waals surface area contributed by atoms with E-state index in [1.807, 2.05) is 49.4 Å². The van der Waals surface area contributed by atoms with Gasteiger partial charge in [0.25, 0.3) is 5.91 Å². The Morgan fingerprint density at radius 3 is 2.52 bits per heavy atom. The second-order valence-electron chi connectivity index (χ2n) is 6.73. The molecule has 0 saturated heterocycles. The maximum atomic E-state index is 12.5. The van der Waals surface area contributed by atoms with Crippen LogP contribution in [-0.2, 0) is 9.59 Å². The Hall–Kier alpha value is -3.80. The highest BCUT2D eigenvalue weighted by atomic mass is 16.5. The van der Waals surface area contributed by atoms with E-state index in [2.05, 4.69) is 5.32 Å². The van der Waals surface area contributed by atoms with E-state index >= 15 is 0 Å². The second-order valence-corrected chi connectivity index (χ2v) is 6.73. The lowest BCUT2D eigenvalue weighted by atomic mass is 10.1. The van der Waals surface area contributed by atoms with E-state index in [-0.39, 0.29) is 25.0 Å². The summed E-state index contributed by atoms with van der Waals surface area (Å²) in [6.07, 6.45) is 0. The molecule has 1 aliphatic heterocycles. The summed E-state index contributed by atoms with van der Waals surface area (Å²) in [5.74, 6) is 1.48. The maximum Gasteiger partial charge on any atom is 0.265 e. The molecule has 0 aromatic heterocycles. The summed E-state index contributed by atoms with van der Waals surface area (Å²) < 4.78 is 11.2. The largest absolute Gasteiger partial charge is 0.482 e. The van der Waals surface area contributed by atoms with Crippen LogP contribution in [0.15, 0.2) is 72.8 Å². The van der Waals surface area contributed by atoms with Crippen LogP contribution in [0.1, 0.15) is 5.56 Å². The number of ether oxygens (including phenoxy) is 2. The third-order valence-corrected chi connectivity index (χ3v) is 4.48. The van der Waals surface area contributed by atoms with Crippen molar-refractivity contribution in [3.05, 3.63) is 78.4 Å². The Bertz CT molecular complexity index is 1030. The lowest BCUT2D eigenvalue weighted by Crippen LogP contribution is -2.43. The molecule has 1 heterocycles. The normalized spacial score (nSPS) is 12.7. The van der Waals surface area contributed by atoms with Crippen molar-refractivity contribution >= 4 is 23.2 Å². The zero-order chi connectivity index (χ0) is 20.2. The molecule has 4 rings (SSSR count). The molecule has 2 amide bonds. The van der Waals surface area contributed by atoms with Crippen LogP contribution in [0.3, 0.4) is 0 Å². The fraction of sp³-hybridized carbons (Fsp3) is 0.130. The molecule has 0 bridgehead atoms. The molecule has 0 unspecified atom stereocenters. The zero-order valence-corrected chi connectivity index (χ0v) is 15.9. The van der Waals surface area contributed by atoms with E-state index in [4.69, 9.17) is 9.47 Å². The number of nitrogens with zero attached hydrogens (tertiary/aromatic N) is 1. The molecule has 0 fully saturated rings. The molecule has 3 aromatic rings. The van der Waals surface area contributed by atoms with Crippen LogP contribution in [-0.4, -0.2) is 25.0 Å². The van der Waals surface area contributed by atoms with Gasteiger partial charge in [-0.2, -0.15) is 0 Å². The molecular formula is C23H20N2O4. The summed E-state index contributed by atoms with van der Waals surface area (Å²) in [5, 5.41) is 2.81. The first-order valence-electron chi connectivity index (χ1n) is 9.25. The summed E-state index contributed by atoms with van der Waals surface area (Å²) in [6, 6.07) is 22.1. The standard InChI is InChI=1S/C23H20N2O4/c1-16-7-12-20-21(13-16)28-15-23(27)25(20)14-22(26)24-17-8-10-19(11-9-17)29-18-5-3-2-4-6-18/h2-13H,14-15H2,1H3,(H,24,26). The lowest BCUT2D eigenvalue weighted by molar-refractivity contribution is -0.123. The first kappa shape index (κ1) is 18.6. The first-order valence-corrected chi connectivity index (χ1v) is 9.25. The molecule has 0 aliphatic carbocycles. The van der Waals surface area contributed by atoms with Crippen LogP contribution in [0.25, 0.3) is 0 Å². The van der Waals surface area contributed by atoms with Crippen molar-refractivity contribution in [3.63, 3.8) is 0 Å². The topological polar surface area (TPSA) is 67.9 Å². The fourth-order valence-electron chi connectivity index (χ4n) is 3.06. The summed E-state index contributed by atoms with van der Waals surface area (Å²) in [5.41, 5.74) is 2.26. The van der Waals surface area contributed by atoms with Gasteiger partial charge < -0.3 is 14.8 Å². The van der Waals surface area contributed by atoms with Crippen molar-refractivity contribution in [2.45, 2.75) is 6.92 Å². The van der Waals surface area contributed by atoms with Crippen LogP contribution in [0.4, 0.5) is 11.4 Å². The van der Waals surface area contributed by atoms with Crippen molar-refractivity contribution < 1.29 is 19.1 Å². The number of amides is 2. The van der Waals surface area contributed by atoms with Gasteiger partial charge in [0.05, 0.1) is 5.69 Å². The van der Waals surface area contributed by atoms with Gasteiger partial charge in [-0.15, -0.1) is 0 Å². The maximum absolute atomic E-state index is 12.5. The number of rotatable bonds is 5. The van der Waals surface area contributed by atoms with E-state index in [1.165, 1.54) is 4.90 Å². The average molecular weight is 388 g/mol. The predicted molar refractivity (Wildman–Crippen MR) is 111 cm³/mol. The molecule has 0 saturated carbocycles. The van der Waals surface area contributed by atoms with Gasteiger partial charge in [-0.25, -0.2) is 0 Å². The van der Waals surface area contributed by atoms with Gasteiger partial charge in [-0.1, -0.05) is 24.3 Å². The Kier molecular flexibility index (Phi) is 5.16. The number of anilines is 2. The highest BCUT2D eigenvalue weighted by molar-refractivity contribution is 6.05. The van der Waals surface area contributed by atoms with Gasteiger partial charge in [0.15, 0.2) is 6.61 Å². The van der Waals surface area contributed by atoms with Crippen LogP contribution in [0.5, 0.6) is 17.2 Å². The fourth-order valence-corrected chi connectivity index (χ4v) is 3.06. The van der Waals surface area contributed by atoms with Crippen molar-refractivity contribution in [2.75, 3.05) is 23.4 Å². The molecule has 1 aliphatic rings. The molecule has 146 valence electrons. The van der Waals surface area contributed by atoms with E-state index in [9.17, 15) is 9.59 Å². The molecule has 0 radical (unpaired) electrons. The Morgan fingerprint density at radius 2 is 1.76 bits per heavy atom. The van der Waals surface area contributed by atoms with Crippen molar-refractivity contribution in [1.82, 2.24) is 0 Å². The molecule has 0 spiro atoms. The second kappa shape index (κ2) is 8.06. The number of carbonyl (C=O) groups excluding carboxylic acids is 2. The molecule has 1 N–H and O–H groups in total. The first-order chi connectivity index (χ1) is 14.1. The summed E-state index contributed by atoms with van der Waals surface area (Å²) in [4.78, 5) is 26.2. The number of aryl methyl sites for hydroxylation is 1. The Morgan fingerprint density at radius 1 is 1.03 bits per heavy atom. The van der Waals surface area contributed by atoms with Crippen LogP contribution >= 0.6 is 0 Å². The number of hydrogen-bond donors (Lipinski definition) is 1. The molecular weight excluding hydrogens is 368 g/mol. The number of nitrogens with one attached hydrogen (secondary N) is 1. The highest BCUT2D eigenvalue weighted by Crippen LogP contribution is 2.32. The van der Waals surface area contributed by atoms with Crippen LogP contribution in [0, 0.1) is 6.92 Å². The van der Waals surface area contributed by atoms with E-state index < -0.39 is 0 Å². The number of para-hydroxylation sites is 1. The van der Waals surface area contributed by atoms with Crippen molar-refractivity contribution in [3.8, 4) is 17.2 Å². The highest BCUT2D eigenvalue weighted by Gasteiger charge is 2.27. The van der Waals surface area contributed by atoms with Crippen molar-refractivity contribution in [2.24, 2.45) is 0 Å². The molecule has 29 heavy (non-hydrogen) atoms. The SMILES string of the molecule is Cc1ccc2c(c1)OCC(=O)N2CC(=O)Nc1ccc(Oc2ccccc2)cc1. The van der Waals surface area contributed by atoms with Crippen molar-refractivity contribution in [1.29, 1.82) is 0 Å². The average Bonchev–Trinajstić information content (AvgIpc) is 2.72. The minimum atomic E-state index is -0.288. The van der Waals surface area contributed by atoms with Crippen LogP contribution < -0.4 is 19.7 Å². The molecule has 0 atom stereocenters. The third kappa shape index (κ3) is 4.38. The van der Waals surface area contributed by atoms with Crippen LogP contribution in [0.2, 0.25) is 0 Å². The Balaban J connectivity index is 1.40. The summed E-state index contributed by atoms with van der Waals surface area (Å²) in [6.45, 7) is 1.79. The Labute approximate surface area is 168 Å². The monoisotopic (exact) mass is 388 g/mol. The number of carbonyl (C=O) groups is 2. The third-order valence-electron chi connectivity index (χ3n) is 4.48. The van der Waals surface area contributed by atoms with E-state index in [0.29, 0.717) is 22.9 Å². The van der Waals surface area contributed by atoms with Gasteiger partial charge in [0.1, 0.15) is 23.8 Å². The van der Waals surface area contributed by atoms with Gasteiger partial charge in [-0.3, -0.25) is 14.5 Å². The summed E-state index contributed by atoms with van der Waals surface area (Å²) in [7, 11) is 0. The van der Waals surface area contributed by atoms with E-state index in [0.717, 1.165) is 11.3 Å². The van der Waals surface area contributed by atoms with Gasteiger partial charge in [0.2, 0.25) is 5.91 Å². The van der Waals surface area contributed by atoms with Gasteiger partial charge in [-0.05, 0) is 61.0 Å². The zero-order valence-electron chi connectivity index (χ0n) is 15.9. The van der Waals surface area contributed by atoms with Gasteiger partial charge in [0, 0.05) is 5.69 Å². The lowest BCUT2D eigenvalue weighted by Gasteiger charge is -2.29. The minimum Gasteiger partial charge on any atom is -0.482 e. The number of fused-ring (bicyclic) bond motifs is 1. The smallest absolute Gasteiger partial charge is 0.265 e. The predicted octanol–water partition coefficient (Wildman–Crippen LogP) is 4.15. The van der Waals surface area contributed by atoms with E-state index in [1.54, 1.807) is 30.3 Å².